The predicted molar refractivity (Wildman–Crippen MR) is 98.0 cm³/mol. The van der Waals surface area contributed by atoms with Gasteiger partial charge in [-0.15, -0.1) is 0 Å². The molecule has 23 heavy (non-hydrogen) atoms. The van der Waals surface area contributed by atoms with Gasteiger partial charge in [0.2, 0.25) is 5.91 Å². The van der Waals surface area contributed by atoms with E-state index < -0.39 is 0 Å². The first-order valence-electron chi connectivity index (χ1n) is 7.28. The molecule has 0 aliphatic carbocycles. The van der Waals surface area contributed by atoms with Crippen LogP contribution < -0.4 is 0 Å². The molecule has 1 atom stereocenters. The number of rotatable bonds is 2. The Bertz CT molecular complexity index is 815. The first-order valence-corrected chi connectivity index (χ1v) is 9.06. The number of halogens is 1. The average molecular weight is 385 g/mol. The number of carbonyl (C=O) groups is 1. The Labute approximate surface area is 147 Å². The van der Waals surface area contributed by atoms with E-state index >= 15 is 0 Å². The van der Waals surface area contributed by atoms with Gasteiger partial charge in [0.15, 0.2) is 5.17 Å². The van der Waals surface area contributed by atoms with Gasteiger partial charge in [-0.2, -0.15) is 0 Å². The van der Waals surface area contributed by atoms with Crippen LogP contribution in [0, 0.1) is 0 Å². The van der Waals surface area contributed by atoms with Gasteiger partial charge in [0.1, 0.15) is 0 Å². The first-order chi connectivity index (χ1) is 11.2. The van der Waals surface area contributed by atoms with Crippen LogP contribution in [0.1, 0.15) is 17.2 Å². The maximum atomic E-state index is 12.3. The maximum absolute atomic E-state index is 12.3. The fourth-order valence-electron chi connectivity index (χ4n) is 2.77. The van der Waals surface area contributed by atoms with Crippen LogP contribution in [0.3, 0.4) is 0 Å². The number of aliphatic imine (C=N–C) groups is 1. The third kappa shape index (κ3) is 2.75. The van der Waals surface area contributed by atoms with Gasteiger partial charge in [-0.3, -0.25) is 9.69 Å². The summed E-state index contributed by atoms with van der Waals surface area (Å²) in [7, 11) is 0. The number of thioether (sulfide) groups is 1. The second kappa shape index (κ2) is 5.98. The van der Waals surface area contributed by atoms with Gasteiger partial charge < -0.3 is 0 Å². The van der Waals surface area contributed by atoms with Crippen LogP contribution in [0.4, 0.5) is 0 Å². The normalized spacial score (nSPS) is 20.1. The Kier molecular flexibility index (Phi) is 3.83. The summed E-state index contributed by atoms with van der Waals surface area (Å²) in [5, 5.41) is 0.796. The molecular weight excluding hydrogens is 372 g/mol. The lowest BCUT2D eigenvalue weighted by atomic mass is 10.0. The summed E-state index contributed by atoms with van der Waals surface area (Å²) in [6.07, 6.45) is 2.08. The van der Waals surface area contributed by atoms with Gasteiger partial charge >= 0.3 is 0 Å². The summed E-state index contributed by atoms with van der Waals surface area (Å²) in [5.41, 5.74) is 3.08. The smallest absolute Gasteiger partial charge is 0.239 e. The third-order valence-electron chi connectivity index (χ3n) is 3.89. The summed E-state index contributed by atoms with van der Waals surface area (Å²) >= 11 is 4.97. The number of carbonyl (C=O) groups excluding carboxylic acids is 1. The quantitative estimate of drug-likeness (QED) is 0.764. The minimum Gasteiger partial charge on any atom is -0.279 e. The van der Waals surface area contributed by atoms with E-state index in [0.717, 1.165) is 26.5 Å². The van der Waals surface area contributed by atoms with Crippen LogP contribution in [0.2, 0.25) is 0 Å². The molecule has 0 aromatic heterocycles. The maximum Gasteiger partial charge on any atom is 0.239 e. The van der Waals surface area contributed by atoms with Crippen molar-refractivity contribution in [2.75, 3.05) is 5.75 Å². The van der Waals surface area contributed by atoms with Crippen LogP contribution >= 0.6 is 27.7 Å². The summed E-state index contributed by atoms with van der Waals surface area (Å²) in [4.78, 5) is 18.8. The largest absolute Gasteiger partial charge is 0.279 e. The molecule has 3 nitrogen and oxygen atoms in total. The van der Waals surface area contributed by atoms with E-state index in [9.17, 15) is 4.79 Å². The van der Waals surface area contributed by atoms with Gasteiger partial charge in [-0.25, -0.2) is 4.99 Å². The van der Waals surface area contributed by atoms with Crippen molar-refractivity contribution in [2.45, 2.75) is 6.04 Å². The van der Waals surface area contributed by atoms with Crippen LogP contribution in [0.5, 0.6) is 0 Å². The number of benzene rings is 2. The van der Waals surface area contributed by atoms with E-state index in [1.54, 1.807) is 0 Å². The summed E-state index contributed by atoms with van der Waals surface area (Å²) < 4.78 is 1.04. The molecule has 1 fully saturated rings. The zero-order valence-corrected chi connectivity index (χ0v) is 14.5. The zero-order chi connectivity index (χ0) is 15.8. The minimum atomic E-state index is -0.0927. The number of nitrogens with zero attached hydrogens (tertiary/aromatic N) is 2. The van der Waals surface area contributed by atoms with Crippen molar-refractivity contribution in [3.05, 3.63) is 76.3 Å². The molecule has 114 valence electrons. The average Bonchev–Trinajstić information content (AvgIpc) is 2.97. The van der Waals surface area contributed by atoms with E-state index in [4.69, 9.17) is 4.99 Å². The fraction of sp³-hybridized carbons (Fsp3) is 0.111. The Hall–Kier alpha value is -1.85. The molecule has 2 aromatic carbocycles. The summed E-state index contributed by atoms with van der Waals surface area (Å²) in [6.45, 7) is 0. The van der Waals surface area contributed by atoms with E-state index in [2.05, 4.69) is 34.1 Å². The highest BCUT2D eigenvalue weighted by Crippen LogP contribution is 2.38. The van der Waals surface area contributed by atoms with Crippen LogP contribution in [-0.4, -0.2) is 21.7 Å². The molecule has 2 aliphatic rings. The number of amidine groups is 1. The first kappa shape index (κ1) is 14.7. The molecular formula is C18H13BrN2OS. The molecule has 1 saturated heterocycles. The van der Waals surface area contributed by atoms with E-state index in [1.165, 1.54) is 11.8 Å². The fourth-order valence-corrected chi connectivity index (χ4v) is 3.95. The molecule has 0 N–H and O–H groups in total. The van der Waals surface area contributed by atoms with Gasteiger partial charge in [-0.05, 0) is 23.8 Å². The van der Waals surface area contributed by atoms with Crippen LogP contribution in [0.15, 0.2) is 70.1 Å². The molecule has 0 bridgehead atoms. The molecule has 2 heterocycles. The van der Waals surface area contributed by atoms with Gasteiger partial charge in [0.05, 0.1) is 17.5 Å². The molecule has 0 saturated carbocycles. The van der Waals surface area contributed by atoms with E-state index in [0.29, 0.717) is 5.75 Å². The van der Waals surface area contributed by atoms with Gasteiger partial charge in [-0.1, -0.05) is 70.2 Å². The van der Waals surface area contributed by atoms with Gasteiger partial charge in [0, 0.05) is 10.0 Å². The topological polar surface area (TPSA) is 32.7 Å². The molecule has 0 unspecified atom stereocenters. The standard InChI is InChI=1S/C18H13BrN2OS/c19-14-8-6-12(7-9-14)15-10-16(13-4-2-1-3-5-13)21-17(22)11-23-18(21)20-15/h1-10,16H,11H2/t16-/m1/s1. The Morgan fingerprint density at radius 2 is 1.83 bits per heavy atom. The second-order valence-corrected chi connectivity index (χ2v) is 7.22. The number of hydrogen-bond acceptors (Lipinski definition) is 3. The number of fused-ring (bicyclic) bond motifs is 1. The monoisotopic (exact) mass is 384 g/mol. The number of hydrogen-bond donors (Lipinski definition) is 0. The van der Waals surface area contributed by atoms with Crippen molar-refractivity contribution in [2.24, 2.45) is 4.99 Å². The second-order valence-electron chi connectivity index (χ2n) is 5.36. The molecule has 2 aromatic rings. The van der Waals surface area contributed by atoms with Crippen molar-refractivity contribution in [3.8, 4) is 0 Å². The van der Waals surface area contributed by atoms with Crippen molar-refractivity contribution < 1.29 is 4.79 Å². The molecule has 0 radical (unpaired) electrons. The van der Waals surface area contributed by atoms with Crippen LogP contribution in [0.25, 0.3) is 5.70 Å². The SMILES string of the molecule is O=C1CSC2=NC(c3ccc(Br)cc3)=C[C@H](c3ccccc3)N12. The summed E-state index contributed by atoms with van der Waals surface area (Å²) in [5.74, 6) is 0.581. The third-order valence-corrected chi connectivity index (χ3v) is 5.36. The van der Waals surface area contributed by atoms with Crippen molar-refractivity contribution >= 4 is 44.5 Å². The minimum absolute atomic E-state index is 0.0927. The highest BCUT2D eigenvalue weighted by molar-refractivity contribution is 9.10. The van der Waals surface area contributed by atoms with Gasteiger partial charge in [0.25, 0.3) is 0 Å². The Balaban J connectivity index is 1.81. The molecule has 0 spiro atoms. The van der Waals surface area contributed by atoms with Crippen molar-refractivity contribution in [3.63, 3.8) is 0 Å². The summed E-state index contributed by atoms with van der Waals surface area (Å²) in [6, 6.07) is 18.1. The lowest BCUT2D eigenvalue weighted by Crippen LogP contribution is -2.34. The molecule has 1 amide bonds. The molecule has 5 heteroatoms. The zero-order valence-electron chi connectivity index (χ0n) is 12.1. The van der Waals surface area contributed by atoms with E-state index in [-0.39, 0.29) is 11.9 Å². The Morgan fingerprint density at radius 3 is 2.57 bits per heavy atom. The number of amides is 1. The van der Waals surface area contributed by atoms with Crippen molar-refractivity contribution in [1.82, 2.24) is 4.90 Å². The lowest BCUT2D eigenvalue weighted by molar-refractivity contribution is -0.125. The van der Waals surface area contributed by atoms with Crippen molar-refractivity contribution in [1.29, 1.82) is 0 Å². The Morgan fingerprint density at radius 1 is 1.09 bits per heavy atom. The molecule has 2 aliphatic heterocycles. The highest BCUT2D eigenvalue weighted by atomic mass is 79.9. The highest BCUT2D eigenvalue weighted by Gasteiger charge is 2.37. The van der Waals surface area contributed by atoms with Crippen LogP contribution in [-0.2, 0) is 4.79 Å². The lowest BCUT2D eigenvalue weighted by Gasteiger charge is -2.29. The molecule has 4 rings (SSSR count). The van der Waals surface area contributed by atoms with E-state index in [1.807, 2.05) is 47.4 Å². The predicted octanol–water partition coefficient (Wildman–Crippen LogP) is 4.48.